The maximum Gasteiger partial charge on any atom is 0.408 e. The Bertz CT molecular complexity index is 216. The molecule has 6 heteroatoms. The highest BCUT2D eigenvalue weighted by molar-refractivity contribution is 5.80. The van der Waals surface area contributed by atoms with Crippen molar-refractivity contribution < 1.29 is 24.9 Å². The van der Waals surface area contributed by atoms with Crippen LogP contribution in [0.25, 0.3) is 0 Å². The van der Waals surface area contributed by atoms with E-state index in [2.05, 4.69) is 0 Å². The summed E-state index contributed by atoms with van der Waals surface area (Å²) in [5, 5.41) is 26.1. The molecule has 1 fully saturated rings. The summed E-state index contributed by atoms with van der Waals surface area (Å²) in [7, 11) is 0. The number of carboxylic acids is 1. The van der Waals surface area contributed by atoms with Crippen LogP contribution < -0.4 is 0 Å². The van der Waals surface area contributed by atoms with Crippen LogP contribution >= 0.6 is 0 Å². The molecule has 12 heavy (non-hydrogen) atoms. The molecule has 2 atom stereocenters. The first-order chi connectivity index (χ1) is 5.54. The number of likely N-dealkylation sites (tertiary alicyclic amines) is 1. The first-order valence-corrected chi connectivity index (χ1v) is 3.44. The number of aliphatic hydroxyl groups is 1. The fourth-order valence-electron chi connectivity index (χ4n) is 1.29. The molecule has 1 heterocycles. The van der Waals surface area contributed by atoms with E-state index in [0.29, 0.717) is 0 Å². The van der Waals surface area contributed by atoms with Crippen LogP contribution in [0.5, 0.6) is 0 Å². The zero-order valence-corrected chi connectivity index (χ0v) is 6.17. The predicted octanol–water partition coefficient (Wildman–Crippen LogP) is -0.816. The molecule has 6 nitrogen and oxygen atoms in total. The number of aliphatic hydroxyl groups excluding tert-OH is 1. The second-order valence-electron chi connectivity index (χ2n) is 2.62. The Morgan fingerprint density at radius 3 is 2.25 bits per heavy atom. The van der Waals surface area contributed by atoms with Gasteiger partial charge in [-0.3, -0.25) is 4.90 Å². The molecule has 0 aromatic heterocycles. The number of carbonyl (C=O) groups is 2. The molecular formula is C6H9NO5. The summed E-state index contributed by atoms with van der Waals surface area (Å²) < 4.78 is 0. The molecule has 0 aromatic carbocycles. The molecule has 0 bridgehead atoms. The average Bonchev–Trinajstić information content (AvgIpc) is 2.30. The lowest BCUT2D eigenvalue weighted by molar-refractivity contribution is -0.144. The van der Waals surface area contributed by atoms with E-state index >= 15 is 0 Å². The molecule has 1 amide bonds. The minimum atomic E-state index is -1.31. The summed E-state index contributed by atoms with van der Waals surface area (Å²) in [4.78, 5) is 21.6. The predicted molar refractivity (Wildman–Crippen MR) is 36.8 cm³/mol. The number of carboxylic acid groups (broad SMARTS) is 2. The standard InChI is InChI=1S/C6H9NO5/c8-3-1-2-7(6(11)12)4(3)5(9)10/h3-4,8H,1-2H2,(H,9,10)(H,11,12)/t3-,4?/m1/s1. The van der Waals surface area contributed by atoms with E-state index < -0.39 is 24.2 Å². The van der Waals surface area contributed by atoms with Gasteiger partial charge in [0.25, 0.3) is 0 Å². The van der Waals surface area contributed by atoms with Gasteiger partial charge in [0.1, 0.15) is 0 Å². The van der Waals surface area contributed by atoms with Gasteiger partial charge in [0.2, 0.25) is 0 Å². The summed E-state index contributed by atoms with van der Waals surface area (Å²) in [6.07, 6.45) is -2.21. The second-order valence-corrected chi connectivity index (χ2v) is 2.62. The van der Waals surface area contributed by atoms with E-state index in [4.69, 9.17) is 15.3 Å². The van der Waals surface area contributed by atoms with Crippen LogP contribution in [-0.2, 0) is 4.79 Å². The minimum Gasteiger partial charge on any atom is -0.480 e. The molecule has 1 unspecified atom stereocenters. The van der Waals surface area contributed by atoms with E-state index in [1.54, 1.807) is 0 Å². The van der Waals surface area contributed by atoms with Gasteiger partial charge in [0.15, 0.2) is 6.04 Å². The molecule has 0 spiro atoms. The zero-order valence-electron chi connectivity index (χ0n) is 6.17. The SMILES string of the molecule is O=C(O)C1[C@H](O)CCN1C(=O)O. The van der Waals surface area contributed by atoms with Crippen LogP contribution in [0.1, 0.15) is 6.42 Å². The van der Waals surface area contributed by atoms with E-state index in [1.807, 2.05) is 0 Å². The highest BCUT2D eigenvalue weighted by Crippen LogP contribution is 2.17. The van der Waals surface area contributed by atoms with Crippen LogP contribution in [0.4, 0.5) is 4.79 Å². The summed E-state index contributed by atoms with van der Waals surface area (Å²) in [5.41, 5.74) is 0. The summed E-state index contributed by atoms with van der Waals surface area (Å²) in [6.45, 7) is 0.0769. The summed E-state index contributed by atoms with van der Waals surface area (Å²) >= 11 is 0. The van der Waals surface area contributed by atoms with Crippen molar-refractivity contribution in [2.75, 3.05) is 6.54 Å². The second kappa shape index (κ2) is 2.98. The van der Waals surface area contributed by atoms with E-state index in [0.717, 1.165) is 4.90 Å². The Morgan fingerprint density at radius 1 is 1.33 bits per heavy atom. The fourth-order valence-corrected chi connectivity index (χ4v) is 1.29. The fraction of sp³-hybridized carbons (Fsp3) is 0.667. The van der Waals surface area contributed by atoms with Crippen molar-refractivity contribution in [3.05, 3.63) is 0 Å². The molecule has 0 aliphatic carbocycles. The van der Waals surface area contributed by atoms with E-state index in [-0.39, 0.29) is 13.0 Å². The number of rotatable bonds is 1. The van der Waals surface area contributed by atoms with Crippen LogP contribution in [0.3, 0.4) is 0 Å². The third-order valence-corrected chi connectivity index (χ3v) is 1.86. The Kier molecular flexibility index (Phi) is 2.18. The monoisotopic (exact) mass is 175 g/mol. The molecular weight excluding hydrogens is 166 g/mol. The molecule has 68 valence electrons. The van der Waals surface area contributed by atoms with Crippen LogP contribution in [-0.4, -0.2) is 51.0 Å². The topological polar surface area (TPSA) is 98.1 Å². The molecule has 0 radical (unpaired) electrons. The van der Waals surface area contributed by atoms with Gasteiger partial charge in [-0.1, -0.05) is 0 Å². The molecule has 1 rings (SSSR count). The summed E-state index contributed by atoms with van der Waals surface area (Å²) in [6, 6.07) is -1.30. The van der Waals surface area contributed by atoms with Gasteiger partial charge >= 0.3 is 12.1 Å². The van der Waals surface area contributed by atoms with Gasteiger partial charge < -0.3 is 15.3 Å². The largest absolute Gasteiger partial charge is 0.480 e. The van der Waals surface area contributed by atoms with Crippen molar-refractivity contribution in [3.63, 3.8) is 0 Å². The Labute approximate surface area is 68.0 Å². The molecule has 1 saturated heterocycles. The first kappa shape index (κ1) is 8.79. The lowest BCUT2D eigenvalue weighted by atomic mass is 10.2. The quantitative estimate of drug-likeness (QED) is 0.484. The van der Waals surface area contributed by atoms with Crippen molar-refractivity contribution >= 4 is 12.1 Å². The number of hydrogen-bond acceptors (Lipinski definition) is 3. The van der Waals surface area contributed by atoms with Crippen LogP contribution in [0.2, 0.25) is 0 Å². The van der Waals surface area contributed by atoms with Crippen molar-refractivity contribution in [3.8, 4) is 0 Å². The van der Waals surface area contributed by atoms with Crippen molar-refractivity contribution in [1.82, 2.24) is 4.90 Å². The minimum absolute atomic E-state index is 0.0769. The lowest BCUT2D eigenvalue weighted by Crippen LogP contribution is -2.44. The number of nitrogens with zero attached hydrogens (tertiary/aromatic N) is 1. The highest BCUT2D eigenvalue weighted by atomic mass is 16.4. The van der Waals surface area contributed by atoms with Gasteiger partial charge in [0, 0.05) is 6.54 Å². The molecule has 0 saturated carbocycles. The zero-order chi connectivity index (χ0) is 9.30. The molecule has 3 N–H and O–H groups in total. The Hall–Kier alpha value is -1.30. The maximum atomic E-state index is 10.5. The smallest absolute Gasteiger partial charge is 0.408 e. The normalized spacial score (nSPS) is 28.9. The van der Waals surface area contributed by atoms with Gasteiger partial charge in [-0.2, -0.15) is 0 Å². The number of hydrogen-bond donors (Lipinski definition) is 3. The van der Waals surface area contributed by atoms with Gasteiger partial charge in [0.05, 0.1) is 6.10 Å². The van der Waals surface area contributed by atoms with E-state index in [1.165, 1.54) is 0 Å². The van der Waals surface area contributed by atoms with Crippen molar-refractivity contribution in [2.24, 2.45) is 0 Å². The average molecular weight is 175 g/mol. The van der Waals surface area contributed by atoms with Crippen LogP contribution in [0, 0.1) is 0 Å². The van der Waals surface area contributed by atoms with Gasteiger partial charge in [-0.25, -0.2) is 9.59 Å². The third-order valence-electron chi connectivity index (χ3n) is 1.86. The number of amides is 1. The maximum absolute atomic E-state index is 10.5. The van der Waals surface area contributed by atoms with Crippen LogP contribution in [0.15, 0.2) is 0 Å². The molecule has 1 aliphatic rings. The highest BCUT2D eigenvalue weighted by Gasteiger charge is 2.41. The Morgan fingerprint density at radius 2 is 1.92 bits per heavy atom. The van der Waals surface area contributed by atoms with Crippen molar-refractivity contribution in [2.45, 2.75) is 18.6 Å². The molecule has 1 aliphatic heterocycles. The van der Waals surface area contributed by atoms with Gasteiger partial charge in [-0.15, -0.1) is 0 Å². The van der Waals surface area contributed by atoms with E-state index in [9.17, 15) is 9.59 Å². The molecule has 0 aromatic rings. The third kappa shape index (κ3) is 1.33. The van der Waals surface area contributed by atoms with Crippen molar-refractivity contribution in [1.29, 1.82) is 0 Å². The number of aliphatic carboxylic acids is 1. The van der Waals surface area contributed by atoms with Gasteiger partial charge in [-0.05, 0) is 6.42 Å². The Balaban J connectivity index is 2.77. The lowest BCUT2D eigenvalue weighted by Gasteiger charge is -2.18. The first-order valence-electron chi connectivity index (χ1n) is 3.44. The summed E-state index contributed by atoms with van der Waals surface area (Å²) in [5.74, 6) is -1.30.